The zero-order valence-corrected chi connectivity index (χ0v) is 14.0. The van der Waals surface area contributed by atoms with Gasteiger partial charge in [-0.3, -0.25) is 9.59 Å². The molecule has 1 fully saturated rings. The fourth-order valence-electron chi connectivity index (χ4n) is 2.97. The van der Waals surface area contributed by atoms with E-state index in [-0.39, 0.29) is 11.8 Å². The maximum absolute atomic E-state index is 12.6. The summed E-state index contributed by atoms with van der Waals surface area (Å²) in [6, 6.07) is 7.47. The molecule has 2 N–H and O–H groups in total. The molecule has 1 aromatic carbocycles. The van der Waals surface area contributed by atoms with Gasteiger partial charge in [-0.25, -0.2) is 4.68 Å². The average Bonchev–Trinajstić information content (AvgIpc) is 2.83. The van der Waals surface area contributed by atoms with Crippen LogP contribution in [-0.2, 0) is 4.79 Å². The van der Waals surface area contributed by atoms with Crippen molar-refractivity contribution in [1.82, 2.24) is 20.4 Å². The summed E-state index contributed by atoms with van der Waals surface area (Å²) in [5, 5.41) is 10.0. The van der Waals surface area contributed by atoms with Gasteiger partial charge in [0.25, 0.3) is 5.91 Å². The number of rotatable bonds is 3. The molecule has 6 heteroatoms. The first-order valence-electron chi connectivity index (χ1n) is 8.26. The highest BCUT2D eigenvalue weighted by Crippen LogP contribution is 2.16. The Hall–Kier alpha value is -2.63. The highest BCUT2D eigenvalue weighted by atomic mass is 16.2. The van der Waals surface area contributed by atoms with Crippen LogP contribution in [0.15, 0.2) is 30.5 Å². The van der Waals surface area contributed by atoms with Gasteiger partial charge in [-0.1, -0.05) is 12.1 Å². The maximum Gasteiger partial charge on any atom is 0.255 e. The van der Waals surface area contributed by atoms with Crippen molar-refractivity contribution < 1.29 is 9.59 Å². The number of hydrogen-bond donors (Lipinski definition) is 2. The van der Waals surface area contributed by atoms with E-state index in [1.165, 1.54) is 0 Å². The number of carbonyl (C=O) groups is 2. The standard InChI is InChI=1S/C18H22N4O2/c1-12-6-5-7-14(10-12)22-13(2)15(11-20-22)17(23)21-16-8-3-4-9-19-18(16)24/h5-7,10-11,16H,3-4,8-9H2,1-2H3,(H,19,24)(H,21,23)/t16-/m1/s1. The Balaban J connectivity index is 1.80. The predicted octanol–water partition coefficient (Wildman–Crippen LogP) is 1.89. The number of nitrogens with zero attached hydrogens (tertiary/aromatic N) is 2. The second-order valence-electron chi connectivity index (χ2n) is 6.21. The molecule has 1 aliphatic rings. The van der Waals surface area contributed by atoms with Crippen LogP contribution >= 0.6 is 0 Å². The van der Waals surface area contributed by atoms with Crippen LogP contribution in [0.2, 0.25) is 0 Å². The van der Waals surface area contributed by atoms with Crippen LogP contribution in [0.3, 0.4) is 0 Å². The molecule has 126 valence electrons. The molecule has 2 amide bonds. The molecule has 0 bridgehead atoms. The highest BCUT2D eigenvalue weighted by molar-refractivity contribution is 5.98. The van der Waals surface area contributed by atoms with E-state index in [9.17, 15) is 9.59 Å². The number of aromatic nitrogens is 2. The largest absolute Gasteiger partial charge is 0.354 e. The van der Waals surface area contributed by atoms with E-state index >= 15 is 0 Å². The Morgan fingerprint density at radius 3 is 2.96 bits per heavy atom. The number of amides is 2. The molecule has 6 nitrogen and oxygen atoms in total. The second-order valence-corrected chi connectivity index (χ2v) is 6.21. The van der Waals surface area contributed by atoms with E-state index in [1.807, 2.05) is 38.1 Å². The minimum atomic E-state index is -0.471. The van der Waals surface area contributed by atoms with Gasteiger partial charge in [0.05, 0.1) is 23.1 Å². The summed E-state index contributed by atoms with van der Waals surface area (Å²) in [6.07, 6.45) is 4.10. The molecule has 1 saturated heterocycles. The molecule has 0 spiro atoms. The first-order chi connectivity index (χ1) is 11.6. The Bertz CT molecular complexity index is 766. The summed E-state index contributed by atoms with van der Waals surface area (Å²) >= 11 is 0. The Kier molecular flexibility index (Phi) is 4.64. The summed E-state index contributed by atoms with van der Waals surface area (Å²) in [4.78, 5) is 24.5. The highest BCUT2D eigenvalue weighted by Gasteiger charge is 2.24. The monoisotopic (exact) mass is 326 g/mol. The summed E-state index contributed by atoms with van der Waals surface area (Å²) in [7, 11) is 0. The number of carbonyl (C=O) groups excluding carboxylic acids is 2. The lowest BCUT2D eigenvalue weighted by Gasteiger charge is -2.15. The summed E-state index contributed by atoms with van der Waals surface area (Å²) in [5.41, 5.74) is 3.29. The Labute approximate surface area is 141 Å². The van der Waals surface area contributed by atoms with Crippen LogP contribution in [0.4, 0.5) is 0 Å². The van der Waals surface area contributed by atoms with Crippen molar-refractivity contribution in [2.24, 2.45) is 0 Å². The van der Waals surface area contributed by atoms with Crippen molar-refractivity contribution in [3.8, 4) is 5.69 Å². The lowest BCUT2D eigenvalue weighted by atomic mass is 10.1. The van der Waals surface area contributed by atoms with Crippen LogP contribution in [0.5, 0.6) is 0 Å². The van der Waals surface area contributed by atoms with Gasteiger partial charge in [0, 0.05) is 6.54 Å². The maximum atomic E-state index is 12.6. The molecular formula is C18H22N4O2. The number of hydrogen-bond acceptors (Lipinski definition) is 3. The van der Waals surface area contributed by atoms with Crippen molar-refractivity contribution in [3.05, 3.63) is 47.3 Å². The number of aryl methyl sites for hydroxylation is 1. The van der Waals surface area contributed by atoms with Crippen LogP contribution in [-0.4, -0.2) is 34.2 Å². The molecule has 0 aliphatic carbocycles. The van der Waals surface area contributed by atoms with Gasteiger partial charge in [-0.2, -0.15) is 5.10 Å². The topological polar surface area (TPSA) is 76.0 Å². The van der Waals surface area contributed by atoms with Gasteiger partial charge < -0.3 is 10.6 Å². The Morgan fingerprint density at radius 2 is 2.17 bits per heavy atom. The molecule has 1 aromatic heterocycles. The molecule has 3 rings (SSSR count). The fourth-order valence-corrected chi connectivity index (χ4v) is 2.97. The molecule has 0 saturated carbocycles. The number of benzene rings is 1. The quantitative estimate of drug-likeness (QED) is 0.904. The summed E-state index contributed by atoms with van der Waals surface area (Å²) < 4.78 is 1.75. The Morgan fingerprint density at radius 1 is 1.33 bits per heavy atom. The van der Waals surface area contributed by atoms with Crippen LogP contribution in [0.1, 0.15) is 40.9 Å². The van der Waals surface area contributed by atoms with Gasteiger partial charge in [-0.15, -0.1) is 0 Å². The van der Waals surface area contributed by atoms with E-state index in [0.717, 1.165) is 29.8 Å². The molecule has 0 radical (unpaired) electrons. The van der Waals surface area contributed by atoms with Gasteiger partial charge in [0.1, 0.15) is 6.04 Å². The van der Waals surface area contributed by atoms with E-state index in [2.05, 4.69) is 15.7 Å². The van der Waals surface area contributed by atoms with Crippen LogP contribution < -0.4 is 10.6 Å². The predicted molar refractivity (Wildman–Crippen MR) is 91.2 cm³/mol. The number of nitrogens with one attached hydrogen (secondary N) is 2. The third-order valence-electron chi connectivity index (χ3n) is 4.34. The third kappa shape index (κ3) is 3.32. The minimum absolute atomic E-state index is 0.107. The third-order valence-corrected chi connectivity index (χ3v) is 4.34. The summed E-state index contributed by atoms with van der Waals surface area (Å²) in [5.74, 6) is -0.363. The van der Waals surface area contributed by atoms with Gasteiger partial charge in [-0.05, 0) is 50.8 Å². The zero-order chi connectivity index (χ0) is 17.1. The molecule has 24 heavy (non-hydrogen) atoms. The SMILES string of the molecule is Cc1cccc(-n2ncc(C(=O)N[C@@H]3CCCCNC3=O)c2C)c1. The zero-order valence-electron chi connectivity index (χ0n) is 14.0. The average molecular weight is 326 g/mol. The van der Waals surface area contributed by atoms with Crippen molar-refractivity contribution in [3.63, 3.8) is 0 Å². The van der Waals surface area contributed by atoms with Crippen molar-refractivity contribution in [1.29, 1.82) is 0 Å². The smallest absolute Gasteiger partial charge is 0.255 e. The van der Waals surface area contributed by atoms with Crippen molar-refractivity contribution >= 4 is 11.8 Å². The van der Waals surface area contributed by atoms with E-state index in [0.29, 0.717) is 18.5 Å². The van der Waals surface area contributed by atoms with Gasteiger partial charge >= 0.3 is 0 Å². The van der Waals surface area contributed by atoms with E-state index < -0.39 is 6.04 Å². The van der Waals surface area contributed by atoms with Gasteiger partial charge in [0.15, 0.2) is 0 Å². The minimum Gasteiger partial charge on any atom is -0.354 e. The van der Waals surface area contributed by atoms with Crippen molar-refractivity contribution in [2.45, 2.75) is 39.2 Å². The molecule has 1 aliphatic heterocycles. The van der Waals surface area contributed by atoms with E-state index in [1.54, 1.807) is 10.9 Å². The second kappa shape index (κ2) is 6.86. The van der Waals surface area contributed by atoms with E-state index in [4.69, 9.17) is 0 Å². The van der Waals surface area contributed by atoms with Crippen LogP contribution in [0, 0.1) is 13.8 Å². The fraction of sp³-hybridized carbons (Fsp3) is 0.389. The van der Waals surface area contributed by atoms with Gasteiger partial charge in [0.2, 0.25) is 5.91 Å². The molecule has 0 unspecified atom stereocenters. The van der Waals surface area contributed by atoms with Crippen LogP contribution in [0.25, 0.3) is 5.69 Å². The normalized spacial score (nSPS) is 17.9. The lowest BCUT2D eigenvalue weighted by molar-refractivity contribution is -0.122. The lowest BCUT2D eigenvalue weighted by Crippen LogP contribution is -2.45. The van der Waals surface area contributed by atoms with Crippen molar-refractivity contribution in [2.75, 3.05) is 6.54 Å². The molecule has 2 aromatic rings. The first-order valence-corrected chi connectivity index (χ1v) is 8.26. The first kappa shape index (κ1) is 16.2. The molecular weight excluding hydrogens is 304 g/mol. The summed E-state index contributed by atoms with van der Waals surface area (Å²) in [6.45, 7) is 4.55. The molecule has 1 atom stereocenters. The molecule has 2 heterocycles.